The second-order valence-corrected chi connectivity index (χ2v) is 9.99. The highest BCUT2D eigenvalue weighted by molar-refractivity contribution is 7.92. The molecular formula is C23H22N4O4S2. The molecule has 8 nitrogen and oxygen atoms in total. The van der Waals surface area contributed by atoms with E-state index in [-0.39, 0.29) is 16.7 Å². The van der Waals surface area contributed by atoms with Gasteiger partial charge in [-0.3, -0.25) is 14.3 Å². The van der Waals surface area contributed by atoms with Gasteiger partial charge in [0, 0.05) is 40.6 Å². The number of anilines is 2. The third-order valence-corrected chi connectivity index (χ3v) is 7.12. The van der Waals surface area contributed by atoms with Gasteiger partial charge in [-0.05, 0) is 55.0 Å². The van der Waals surface area contributed by atoms with Crippen LogP contribution in [0.1, 0.15) is 40.7 Å². The van der Waals surface area contributed by atoms with Gasteiger partial charge >= 0.3 is 0 Å². The molecule has 0 fully saturated rings. The number of carbonyl (C=O) groups excluding carboxylic acids is 2. The predicted octanol–water partition coefficient (Wildman–Crippen LogP) is 3.97. The Morgan fingerprint density at radius 2 is 1.97 bits per heavy atom. The van der Waals surface area contributed by atoms with Gasteiger partial charge in [0.05, 0.1) is 10.5 Å². The summed E-state index contributed by atoms with van der Waals surface area (Å²) in [6, 6.07) is 10.7. The fourth-order valence-corrected chi connectivity index (χ4v) is 4.94. The van der Waals surface area contributed by atoms with E-state index in [9.17, 15) is 18.0 Å². The molecule has 0 bridgehead atoms. The second-order valence-electron chi connectivity index (χ2n) is 7.38. The monoisotopic (exact) mass is 482 g/mol. The number of nitrogens with one attached hydrogen (secondary N) is 3. The molecule has 0 aliphatic carbocycles. The molecule has 3 aromatic rings. The van der Waals surface area contributed by atoms with Gasteiger partial charge in [-0.25, -0.2) is 13.4 Å². The predicted molar refractivity (Wildman–Crippen MR) is 130 cm³/mol. The van der Waals surface area contributed by atoms with Gasteiger partial charge in [0.1, 0.15) is 5.01 Å². The average molecular weight is 483 g/mol. The van der Waals surface area contributed by atoms with Gasteiger partial charge in [0.15, 0.2) is 0 Å². The molecule has 0 saturated carbocycles. The zero-order valence-corrected chi connectivity index (χ0v) is 19.4. The summed E-state index contributed by atoms with van der Waals surface area (Å²) in [6.45, 7) is 2.64. The molecule has 0 spiro atoms. The quantitative estimate of drug-likeness (QED) is 0.332. The Balaban J connectivity index is 1.53. The number of benzene rings is 2. The van der Waals surface area contributed by atoms with Crippen molar-refractivity contribution in [2.45, 2.75) is 24.7 Å². The SMILES string of the molecule is CCCCNC(=O)c1ccc(NS(=O)(=O)c2ccc3c(c2)/C(=C\c2nccs2)C(=O)N3)cc1. The van der Waals surface area contributed by atoms with Crippen LogP contribution in [0.4, 0.5) is 11.4 Å². The largest absolute Gasteiger partial charge is 0.352 e. The first kappa shape index (κ1) is 22.7. The summed E-state index contributed by atoms with van der Waals surface area (Å²) in [5.41, 5.74) is 2.18. The summed E-state index contributed by atoms with van der Waals surface area (Å²) in [5.74, 6) is -0.510. The lowest BCUT2D eigenvalue weighted by Gasteiger charge is -2.10. The molecule has 10 heteroatoms. The summed E-state index contributed by atoms with van der Waals surface area (Å²) >= 11 is 1.38. The molecule has 1 aromatic heterocycles. The number of aromatic nitrogens is 1. The zero-order chi connectivity index (χ0) is 23.4. The summed E-state index contributed by atoms with van der Waals surface area (Å²) < 4.78 is 28.5. The number of sulfonamides is 1. The van der Waals surface area contributed by atoms with Crippen molar-refractivity contribution >= 4 is 56.2 Å². The third kappa shape index (κ3) is 5.12. The first-order valence-electron chi connectivity index (χ1n) is 10.4. The minimum absolute atomic E-state index is 0.0178. The standard InChI is InChI=1S/C23H22N4O4S2/c1-2-3-10-25-22(28)15-4-6-16(7-5-15)27-33(30,31)17-8-9-20-18(13-17)19(23(29)26-20)14-21-24-11-12-32-21/h4-9,11-14,27H,2-3,10H2,1H3,(H,25,28)(H,26,29)/b19-14+. The molecule has 33 heavy (non-hydrogen) atoms. The summed E-state index contributed by atoms with van der Waals surface area (Å²) in [5, 5.41) is 8.01. The van der Waals surface area contributed by atoms with Crippen LogP contribution in [-0.4, -0.2) is 31.8 Å². The van der Waals surface area contributed by atoms with Crippen LogP contribution in [0, 0.1) is 0 Å². The number of fused-ring (bicyclic) bond motifs is 1. The van der Waals surface area contributed by atoms with E-state index in [0.717, 1.165) is 12.8 Å². The molecule has 170 valence electrons. The van der Waals surface area contributed by atoms with Crippen molar-refractivity contribution in [2.24, 2.45) is 0 Å². The van der Waals surface area contributed by atoms with Crippen molar-refractivity contribution in [3.63, 3.8) is 0 Å². The summed E-state index contributed by atoms with van der Waals surface area (Å²) in [6.07, 6.45) is 5.15. The molecule has 0 radical (unpaired) electrons. The normalized spacial score (nSPS) is 14.1. The Bertz CT molecular complexity index is 1320. The van der Waals surface area contributed by atoms with Crippen LogP contribution in [0.3, 0.4) is 0 Å². The molecule has 3 N–H and O–H groups in total. The van der Waals surface area contributed by atoms with E-state index in [1.165, 1.54) is 23.5 Å². The Labute approximate surface area is 195 Å². The first-order valence-corrected chi connectivity index (χ1v) is 12.7. The number of nitrogens with zero attached hydrogens (tertiary/aromatic N) is 1. The lowest BCUT2D eigenvalue weighted by atomic mass is 10.1. The van der Waals surface area contributed by atoms with Gasteiger partial charge in [-0.2, -0.15) is 0 Å². The van der Waals surface area contributed by atoms with Crippen LogP contribution in [-0.2, 0) is 14.8 Å². The van der Waals surface area contributed by atoms with Gasteiger partial charge < -0.3 is 10.6 Å². The van der Waals surface area contributed by atoms with Crippen molar-refractivity contribution < 1.29 is 18.0 Å². The second kappa shape index (κ2) is 9.55. The molecule has 0 saturated heterocycles. The number of carbonyl (C=O) groups is 2. The van der Waals surface area contributed by atoms with Crippen molar-refractivity contribution in [3.05, 3.63) is 70.2 Å². The minimum atomic E-state index is -3.92. The minimum Gasteiger partial charge on any atom is -0.352 e. The lowest BCUT2D eigenvalue weighted by molar-refractivity contribution is -0.110. The van der Waals surface area contributed by atoms with E-state index in [1.54, 1.807) is 48.0 Å². The number of thiazole rings is 1. The average Bonchev–Trinajstić information content (AvgIpc) is 3.42. The Kier molecular flexibility index (Phi) is 6.57. The van der Waals surface area contributed by atoms with Crippen molar-refractivity contribution in [1.82, 2.24) is 10.3 Å². The van der Waals surface area contributed by atoms with E-state index >= 15 is 0 Å². The van der Waals surface area contributed by atoms with Crippen LogP contribution in [0.25, 0.3) is 11.6 Å². The highest BCUT2D eigenvalue weighted by Gasteiger charge is 2.27. The molecule has 0 unspecified atom stereocenters. The van der Waals surface area contributed by atoms with Crippen LogP contribution in [0.2, 0.25) is 0 Å². The number of rotatable bonds is 8. The van der Waals surface area contributed by atoms with E-state index in [2.05, 4.69) is 20.3 Å². The molecule has 2 aromatic carbocycles. The number of amides is 2. The van der Waals surface area contributed by atoms with Gasteiger partial charge in [-0.1, -0.05) is 13.3 Å². The fraction of sp³-hybridized carbons (Fsp3) is 0.174. The van der Waals surface area contributed by atoms with E-state index in [1.807, 2.05) is 6.92 Å². The Morgan fingerprint density at radius 3 is 2.67 bits per heavy atom. The molecule has 1 aliphatic heterocycles. The summed E-state index contributed by atoms with van der Waals surface area (Å²) in [7, 11) is -3.92. The third-order valence-electron chi connectivity index (χ3n) is 5.02. The van der Waals surface area contributed by atoms with Crippen molar-refractivity contribution in [3.8, 4) is 0 Å². The van der Waals surface area contributed by atoms with E-state index < -0.39 is 10.0 Å². The van der Waals surface area contributed by atoms with E-state index in [4.69, 9.17) is 0 Å². The zero-order valence-electron chi connectivity index (χ0n) is 17.8. The molecule has 1 aliphatic rings. The highest BCUT2D eigenvalue weighted by atomic mass is 32.2. The molecule has 0 atom stereocenters. The van der Waals surface area contributed by atoms with Crippen LogP contribution < -0.4 is 15.4 Å². The molecule has 2 heterocycles. The topological polar surface area (TPSA) is 117 Å². The molecule has 2 amide bonds. The number of hydrogen-bond donors (Lipinski definition) is 3. The Hall–Kier alpha value is -3.50. The van der Waals surface area contributed by atoms with E-state index in [0.29, 0.717) is 39.6 Å². The molecular weight excluding hydrogens is 460 g/mol. The van der Waals surface area contributed by atoms with Gasteiger partial charge in [0.25, 0.3) is 21.8 Å². The van der Waals surface area contributed by atoms with Crippen molar-refractivity contribution in [2.75, 3.05) is 16.6 Å². The van der Waals surface area contributed by atoms with Crippen LogP contribution >= 0.6 is 11.3 Å². The number of hydrogen-bond acceptors (Lipinski definition) is 6. The smallest absolute Gasteiger partial charge is 0.261 e. The highest BCUT2D eigenvalue weighted by Crippen LogP contribution is 2.35. The van der Waals surface area contributed by atoms with Crippen LogP contribution in [0.15, 0.2) is 58.9 Å². The maximum absolute atomic E-state index is 13.0. The fourth-order valence-electron chi connectivity index (χ4n) is 3.29. The summed E-state index contributed by atoms with van der Waals surface area (Å²) in [4.78, 5) is 28.7. The first-order chi connectivity index (χ1) is 15.9. The number of unbranched alkanes of at least 4 members (excludes halogenated alkanes) is 1. The van der Waals surface area contributed by atoms with Gasteiger partial charge in [0.2, 0.25) is 0 Å². The maximum atomic E-state index is 13.0. The maximum Gasteiger partial charge on any atom is 0.261 e. The Morgan fingerprint density at radius 1 is 1.18 bits per heavy atom. The molecule has 4 rings (SSSR count). The van der Waals surface area contributed by atoms with Crippen LogP contribution in [0.5, 0.6) is 0 Å². The van der Waals surface area contributed by atoms with Crippen molar-refractivity contribution in [1.29, 1.82) is 0 Å². The lowest BCUT2D eigenvalue weighted by Crippen LogP contribution is -2.24. The van der Waals surface area contributed by atoms with Gasteiger partial charge in [-0.15, -0.1) is 11.3 Å².